The number of ether oxygens (including phenoxy) is 1. The Bertz CT molecular complexity index is 730. The van der Waals surface area contributed by atoms with Crippen molar-refractivity contribution in [2.24, 2.45) is 5.92 Å². The van der Waals surface area contributed by atoms with Crippen molar-refractivity contribution in [2.45, 2.75) is 45.8 Å². The second-order valence-electron chi connectivity index (χ2n) is 7.32. The van der Waals surface area contributed by atoms with Crippen LogP contribution in [0.25, 0.3) is 0 Å². The number of carbonyl (C=O) groups is 1. The SMILES string of the molecule is Cc1cc(NC2CCN(C(=O)OCC(C)C)CC2)c([N+](=O)[O-])cc1C(F)(F)F. The van der Waals surface area contributed by atoms with Gasteiger partial charge in [0.25, 0.3) is 5.69 Å². The minimum Gasteiger partial charge on any atom is -0.449 e. The van der Waals surface area contributed by atoms with Gasteiger partial charge in [-0.15, -0.1) is 0 Å². The standard InChI is InChI=1S/C18H24F3N3O4/c1-11(2)10-28-17(25)23-6-4-13(5-7-23)22-15-8-12(3)14(18(19,20)21)9-16(15)24(26)27/h8-9,11,13,22H,4-7,10H2,1-3H3. The number of nitro groups is 1. The van der Waals surface area contributed by atoms with E-state index in [0.29, 0.717) is 38.6 Å². The predicted molar refractivity (Wildman–Crippen MR) is 97.2 cm³/mol. The zero-order chi connectivity index (χ0) is 21.1. The third kappa shape index (κ3) is 5.49. The van der Waals surface area contributed by atoms with Crippen molar-refractivity contribution in [2.75, 3.05) is 25.0 Å². The molecule has 1 aliphatic heterocycles. The maximum Gasteiger partial charge on any atom is 0.416 e. The van der Waals surface area contributed by atoms with Gasteiger partial charge in [0.2, 0.25) is 0 Å². The maximum atomic E-state index is 13.0. The lowest BCUT2D eigenvalue weighted by Crippen LogP contribution is -2.43. The Kier molecular flexibility index (Phi) is 6.73. The van der Waals surface area contributed by atoms with Gasteiger partial charge in [0, 0.05) is 25.2 Å². The molecule has 156 valence electrons. The van der Waals surface area contributed by atoms with Crippen LogP contribution in [0.2, 0.25) is 0 Å². The van der Waals surface area contributed by atoms with Gasteiger partial charge in [0.05, 0.1) is 17.1 Å². The van der Waals surface area contributed by atoms with Crippen LogP contribution >= 0.6 is 0 Å². The van der Waals surface area contributed by atoms with Crippen molar-refractivity contribution in [3.8, 4) is 0 Å². The lowest BCUT2D eigenvalue weighted by Gasteiger charge is -2.32. The average molecular weight is 403 g/mol. The van der Waals surface area contributed by atoms with E-state index < -0.39 is 28.4 Å². The summed E-state index contributed by atoms with van der Waals surface area (Å²) in [5.41, 5.74) is -1.67. The molecule has 1 aromatic carbocycles. The summed E-state index contributed by atoms with van der Waals surface area (Å²) in [6.45, 7) is 6.27. The summed E-state index contributed by atoms with van der Waals surface area (Å²) in [4.78, 5) is 24.0. The van der Waals surface area contributed by atoms with Crippen molar-refractivity contribution < 1.29 is 27.6 Å². The fourth-order valence-electron chi connectivity index (χ4n) is 3.02. The number of hydrogen-bond acceptors (Lipinski definition) is 5. The van der Waals surface area contributed by atoms with Crippen LogP contribution in [-0.2, 0) is 10.9 Å². The zero-order valence-electron chi connectivity index (χ0n) is 16.0. The Labute approximate surface area is 161 Å². The van der Waals surface area contributed by atoms with E-state index in [2.05, 4.69) is 5.32 Å². The smallest absolute Gasteiger partial charge is 0.416 e. The summed E-state index contributed by atoms with van der Waals surface area (Å²) in [5, 5.41) is 14.2. The van der Waals surface area contributed by atoms with E-state index in [0.717, 1.165) is 6.07 Å². The highest BCUT2D eigenvalue weighted by molar-refractivity contribution is 5.68. The van der Waals surface area contributed by atoms with Gasteiger partial charge in [-0.2, -0.15) is 13.2 Å². The number of carbonyl (C=O) groups excluding carboxylic acids is 1. The minimum atomic E-state index is -4.66. The number of anilines is 1. The first kappa shape index (κ1) is 21.8. The number of nitrogens with zero attached hydrogens (tertiary/aromatic N) is 2. The molecule has 0 spiro atoms. The average Bonchev–Trinajstić information content (AvgIpc) is 2.59. The second kappa shape index (κ2) is 8.66. The highest BCUT2D eigenvalue weighted by atomic mass is 19.4. The number of benzene rings is 1. The van der Waals surface area contributed by atoms with E-state index in [9.17, 15) is 28.1 Å². The topological polar surface area (TPSA) is 84.7 Å². The number of likely N-dealkylation sites (tertiary alicyclic amines) is 1. The molecular weight excluding hydrogens is 379 g/mol. The number of hydrogen-bond donors (Lipinski definition) is 1. The monoisotopic (exact) mass is 403 g/mol. The van der Waals surface area contributed by atoms with Gasteiger partial charge < -0.3 is 15.0 Å². The maximum absolute atomic E-state index is 13.0. The molecule has 1 heterocycles. The first-order chi connectivity index (χ1) is 13.0. The van der Waals surface area contributed by atoms with Crippen LogP contribution in [0.4, 0.5) is 29.3 Å². The highest BCUT2D eigenvalue weighted by Crippen LogP contribution is 2.38. The van der Waals surface area contributed by atoms with Crippen LogP contribution in [0.15, 0.2) is 12.1 Å². The van der Waals surface area contributed by atoms with Crippen molar-refractivity contribution in [3.63, 3.8) is 0 Å². The van der Waals surface area contributed by atoms with Gasteiger partial charge in [-0.25, -0.2) is 4.79 Å². The molecule has 10 heteroatoms. The summed E-state index contributed by atoms with van der Waals surface area (Å²) in [7, 11) is 0. The number of aryl methyl sites for hydroxylation is 1. The second-order valence-corrected chi connectivity index (χ2v) is 7.32. The fourth-order valence-corrected chi connectivity index (χ4v) is 3.02. The normalized spacial score (nSPS) is 15.6. The first-order valence-corrected chi connectivity index (χ1v) is 9.03. The van der Waals surface area contributed by atoms with E-state index in [4.69, 9.17) is 4.74 Å². The number of alkyl halides is 3. The van der Waals surface area contributed by atoms with Crippen molar-refractivity contribution in [1.82, 2.24) is 4.90 Å². The summed E-state index contributed by atoms with van der Waals surface area (Å²) in [6.07, 6.45) is -4.04. The molecule has 1 saturated heterocycles. The number of halogens is 3. The van der Waals surface area contributed by atoms with Gasteiger partial charge in [-0.3, -0.25) is 10.1 Å². The molecule has 0 atom stereocenters. The van der Waals surface area contributed by atoms with Gasteiger partial charge in [0.1, 0.15) is 5.69 Å². The molecule has 7 nitrogen and oxygen atoms in total. The quantitative estimate of drug-likeness (QED) is 0.574. The predicted octanol–water partition coefficient (Wildman–Crippen LogP) is 4.59. The molecule has 1 aromatic rings. The molecule has 0 unspecified atom stereocenters. The first-order valence-electron chi connectivity index (χ1n) is 9.03. The molecule has 1 aliphatic rings. The van der Waals surface area contributed by atoms with Crippen LogP contribution in [-0.4, -0.2) is 41.7 Å². The molecule has 28 heavy (non-hydrogen) atoms. The molecule has 1 amide bonds. The van der Waals surface area contributed by atoms with Gasteiger partial charge >= 0.3 is 12.3 Å². The van der Waals surface area contributed by atoms with Crippen LogP contribution in [0.1, 0.15) is 37.8 Å². The van der Waals surface area contributed by atoms with Crippen LogP contribution in [0.5, 0.6) is 0 Å². The molecule has 0 aliphatic carbocycles. The molecule has 0 saturated carbocycles. The van der Waals surface area contributed by atoms with Crippen molar-refractivity contribution >= 4 is 17.5 Å². The van der Waals surface area contributed by atoms with Crippen LogP contribution < -0.4 is 5.32 Å². The van der Waals surface area contributed by atoms with E-state index in [1.54, 1.807) is 4.90 Å². The number of nitro benzene ring substituents is 1. The summed E-state index contributed by atoms with van der Waals surface area (Å²) >= 11 is 0. The largest absolute Gasteiger partial charge is 0.449 e. The Balaban J connectivity index is 2.06. The van der Waals surface area contributed by atoms with Crippen molar-refractivity contribution in [1.29, 1.82) is 0 Å². The van der Waals surface area contributed by atoms with Crippen molar-refractivity contribution in [3.05, 3.63) is 33.4 Å². The number of piperidine rings is 1. The van der Waals surface area contributed by atoms with E-state index in [-0.39, 0.29) is 23.2 Å². The zero-order valence-corrected chi connectivity index (χ0v) is 16.0. The summed E-state index contributed by atoms with van der Waals surface area (Å²) < 4.78 is 44.2. The lowest BCUT2D eigenvalue weighted by atomic mass is 10.0. The Hall–Kier alpha value is -2.52. The van der Waals surface area contributed by atoms with E-state index in [1.165, 1.54) is 6.92 Å². The number of amides is 1. The number of nitrogens with one attached hydrogen (secondary N) is 1. The molecule has 0 aromatic heterocycles. The summed E-state index contributed by atoms with van der Waals surface area (Å²) in [5.74, 6) is 0.228. The minimum absolute atomic E-state index is 0.0522. The lowest BCUT2D eigenvalue weighted by molar-refractivity contribution is -0.384. The Morgan fingerprint density at radius 2 is 1.96 bits per heavy atom. The van der Waals surface area contributed by atoms with E-state index >= 15 is 0 Å². The summed E-state index contributed by atoms with van der Waals surface area (Å²) in [6, 6.07) is 1.53. The van der Waals surface area contributed by atoms with Crippen LogP contribution in [0.3, 0.4) is 0 Å². The van der Waals surface area contributed by atoms with Gasteiger partial charge in [-0.1, -0.05) is 13.8 Å². The molecule has 1 fully saturated rings. The van der Waals surface area contributed by atoms with Gasteiger partial charge in [-0.05, 0) is 37.3 Å². The third-order valence-electron chi connectivity index (χ3n) is 4.50. The molecule has 1 N–H and O–H groups in total. The van der Waals surface area contributed by atoms with E-state index in [1.807, 2.05) is 13.8 Å². The fraction of sp³-hybridized carbons (Fsp3) is 0.611. The third-order valence-corrected chi connectivity index (χ3v) is 4.50. The molecular formula is C18H24F3N3O4. The number of rotatable bonds is 5. The Morgan fingerprint density at radius 3 is 2.46 bits per heavy atom. The Morgan fingerprint density at radius 1 is 1.36 bits per heavy atom. The highest BCUT2D eigenvalue weighted by Gasteiger charge is 2.35. The molecule has 0 radical (unpaired) electrons. The molecule has 0 bridgehead atoms. The molecule has 2 rings (SSSR count). The van der Waals surface area contributed by atoms with Gasteiger partial charge in [0.15, 0.2) is 0 Å². The van der Waals surface area contributed by atoms with Crippen LogP contribution in [0, 0.1) is 23.0 Å².